The zero-order valence-electron chi connectivity index (χ0n) is 30.8. The molecule has 8 heteroatoms. The lowest BCUT2D eigenvalue weighted by atomic mass is 10.0. The van der Waals surface area contributed by atoms with Crippen molar-refractivity contribution in [2.24, 2.45) is 0 Å². The lowest BCUT2D eigenvalue weighted by molar-refractivity contribution is 0.227. The number of piperidine rings is 2. The Balaban J connectivity index is 1.30. The Morgan fingerprint density at radius 1 is 0.542 bits per heavy atom. The zero-order chi connectivity index (χ0) is 33.9. The van der Waals surface area contributed by atoms with Crippen molar-refractivity contribution in [1.29, 1.82) is 0 Å². The standard InChI is InChI=1S/C40H68N6S2/c1-39(2,47-33-35-17-9-5-10-18-35)37(31-41-23-29-45-25-13-7-14-26-45)43-21-22-44-38(32-42-24-30-46-27-15-8-16-28-46)40(3,4)48-34-36-19-11-6-12-20-36/h5-6,9-12,17-20,37-38,41-44H,7-8,13-16,21-34H2,1-4H3. The smallest absolute Gasteiger partial charge is 0.0335 e. The van der Waals surface area contributed by atoms with Crippen molar-refractivity contribution in [1.82, 2.24) is 31.1 Å². The Kier molecular flexibility index (Phi) is 18.2. The molecule has 2 aromatic rings. The van der Waals surface area contributed by atoms with Gasteiger partial charge in [-0.05, 0) is 90.7 Å². The van der Waals surface area contributed by atoms with E-state index in [1.807, 2.05) is 0 Å². The highest BCUT2D eigenvalue weighted by Gasteiger charge is 2.31. The molecule has 4 N–H and O–H groups in total. The van der Waals surface area contributed by atoms with E-state index in [1.165, 1.54) is 75.8 Å². The van der Waals surface area contributed by atoms with Gasteiger partial charge < -0.3 is 31.1 Å². The van der Waals surface area contributed by atoms with Crippen molar-refractivity contribution in [2.75, 3.05) is 78.5 Å². The molecular formula is C40H68N6S2. The molecule has 2 aliphatic rings. The van der Waals surface area contributed by atoms with E-state index >= 15 is 0 Å². The van der Waals surface area contributed by atoms with Gasteiger partial charge in [0.2, 0.25) is 0 Å². The first-order valence-corrected chi connectivity index (χ1v) is 21.0. The minimum absolute atomic E-state index is 0.0914. The van der Waals surface area contributed by atoms with Crippen molar-refractivity contribution in [3.63, 3.8) is 0 Å². The summed E-state index contributed by atoms with van der Waals surface area (Å²) in [6.45, 7) is 23.1. The average Bonchev–Trinajstić information content (AvgIpc) is 3.11. The number of nitrogens with zero attached hydrogens (tertiary/aromatic N) is 2. The number of likely N-dealkylation sites (tertiary alicyclic amines) is 2. The molecule has 2 saturated heterocycles. The monoisotopic (exact) mass is 696 g/mol. The number of nitrogens with one attached hydrogen (secondary N) is 4. The first-order valence-electron chi connectivity index (χ1n) is 19.0. The molecule has 48 heavy (non-hydrogen) atoms. The van der Waals surface area contributed by atoms with Crippen LogP contribution in [-0.2, 0) is 11.5 Å². The first-order chi connectivity index (χ1) is 23.3. The van der Waals surface area contributed by atoms with Crippen LogP contribution in [0.5, 0.6) is 0 Å². The van der Waals surface area contributed by atoms with Crippen LogP contribution in [0, 0.1) is 0 Å². The molecule has 0 saturated carbocycles. The summed E-state index contributed by atoms with van der Waals surface area (Å²) in [7, 11) is 0. The highest BCUT2D eigenvalue weighted by molar-refractivity contribution is 8.00. The van der Waals surface area contributed by atoms with Crippen LogP contribution in [0.15, 0.2) is 60.7 Å². The summed E-state index contributed by atoms with van der Waals surface area (Å²) in [5.74, 6) is 2.08. The molecule has 270 valence electrons. The van der Waals surface area contributed by atoms with Crippen molar-refractivity contribution >= 4 is 23.5 Å². The fourth-order valence-corrected chi connectivity index (χ4v) is 9.04. The fourth-order valence-electron chi connectivity index (χ4n) is 6.84. The topological polar surface area (TPSA) is 54.6 Å². The SMILES string of the molecule is CC(C)(SCc1ccccc1)C(CNCCN1CCCCC1)NCCNC(CNCCN1CCCCC1)C(C)(C)SCc1ccccc1. The maximum Gasteiger partial charge on any atom is 0.0335 e. The largest absolute Gasteiger partial charge is 0.314 e. The average molecular weight is 697 g/mol. The van der Waals surface area contributed by atoms with E-state index in [9.17, 15) is 0 Å². The first kappa shape index (κ1) is 39.7. The summed E-state index contributed by atoms with van der Waals surface area (Å²) in [5, 5.41) is 15.7. The van der Waals surface area contributed by atoms with Crippen LogP contribution in [0.25, 0.3) is 0 Å². The molecule has 6 nitrogen and oxygen atoms in total. The summed E-state index contributed by atoms with van der Waals surface area (Å²) >= 11 is 4.15. The Hall–Kier alpha value is -1.10. The van der Waals surface area contributed by atoms with Crippen LogP contribution in [0.1, 0.15) is 77.3 Å². The summed E-state index contributed by atoms with van der Waals surface area (Å²) in [5.41, 5.74) is 2.81. The molecule has 2 atom stereocenters. The Bertz CT molecular complexity index is 1000. The molecule has 0 aliphatic carbocycles. The lowest BCUT2D eigenvalue weighted by Crippen LogP contribution is -2.56. The Labute approximate surface area is 303 Å². The second-order valence-electron chi connectivity index (χ2n) is 15.0. The molecule has 0 aromatic heterocycles. The van der Waals surface area contributed by atoms with Gasteiger partial charge in [0, 0.05) is 85.4 Å². The third kappa shape index (κ3) is 15.0. The minimum Gasteiger partial charge on any atom is -0.314 e. The number of rotatable bonds is 23. The third-order valence-electron chi connectivity index (χ3n) is 10.3. The number of benzene rings is 2. The van der Waals surface area contributed by atoms with Crippen molar-refractivity contribution < 1.29 is 0 Å². The number of hydrogen-bond acceptors (Lipinski definition) is 8. The second-order valence-corrected chi connectivity index (χ2v) is 18.2. The van der Waals surface area contributed by atoms with Crippen LogP contribution >= 0.6 is 23.5 Å². The van der Waals surface area contributed by atoms with E-state index in [1.54, 1.807) is 0 Å². The Morgan fingerprint density at radius 2 is 0.917 bits per heavy atom. The molecule has 0 amide bonds. The molecule has 2 heterocycles. The summed E-state index contributed by atoms with van der Waals surface area (Å²) < 4.78 is 0.183. The van der Waals surface area contributed by atoms with E-state index in [-0.39, 0.29) is 9.49 Å². The maximum absolute atomic E-state index is 4.02. The molecule has 4 rings (SSSR count). The quantitative estimate of drug-likeness (QED) is 0.0987. The van der Waals surface area contributed by atoms with Crippen molar-refractivity contribution in [2.45, 2.75) is 99.3 Å². The molecule has 2 aromatic carbocycles. The van der Waals surface area contributed by atoms with E-state index in [2.05, 4.69) is 143 Å². The van der Waals surface area contributed by atoms with E-state index in [0.717, 1.165) is 63.9 Å². The van der Waals surface area contributed by atoms with Gasteiger partial charge in [-0.1, -0.05) is 73.5 Å². The minimum atomic E-state index is 0.0914. The predicted molar refractivity (Wildman–Crippen MR) is 214 cm³/mol. The van der Waals surface area contributed by atoms with Crippen LogP contribution in [-0.4, -0.2) is 110 Å². The summed E-state index contributed by atoms with van der Waals surface area (Å²) in [6, 6.07) is 22.6. The molecule has 2 fully saturated rings. The van der Waals surface area contributed by atoms with Gasteiger partial charge in [-0.2, -0.15) is 0 Å². The molecular weight excluding hydrogens is 629 g/mol. The highest BCUT2D eigenvalue weighted by Crippen LogP contribution is 2.32. The van der Waals surface area contributed by atoms with Gasteiger partial charge in [-0.25, -0.2) is 0 Å². The number of thioether (sulfide) groups is 2. The number of hydrogen-bond donors (Lipinski definition) is 4. The molecule has 0 bridgehead atoms. The highest BCUT2D eigenvalue weighted by atomic mass is 32.2. The zero-order valence-corrected chi connectivity index (χ0v) is 32.4. The van der Waals surface area contributed by atoms with Crippen LogP contribution < -0.4 is 21.3 Å². The summed E-state index contributed by atoms with van der Waals surface area (Å²) in [4.78, 5) is 5.27. The molecule has 2 unspecified atom stereocenters. The Morgan fingerprint density at radius 3 is 1.29 bits per heavy atom. The normalized spacial score (nSPS) is 18.2. The van der Waals surface area contributed by atoms with Crippen molar-refractivity contribution in [3.05, 3.63) is 71.8 Å². The van der Waals surface area contributed by atoms with Gasteiger partial charge >= 0.3 is 0 Å². The van der Waals surface area contributed by atoms with Gasteiger partial charge in [0.05, 0.1) is 0 Å². The third-order valence-corrected chi connectivity index (χ3v) is 13.3. The van der Waals surface area contributed by atoms with Gasteiger partial charge in [0.1, 0.15) is 0 Å². The van der Waals surface area contributed by atoms with Crippen LogP contribution in [0.2, 0.25) is 0 Å². The maximum atomic E-state index is 4.02. The van der Waals surface area contributed by atoms with Crippen LogP contribution in [0.3, 0.4) is 0 Å². The van der Waals surface area contributed by atoms with E-state index in [4.69, 9.17) is 0 Å². The van der Waals surface area contributed by atoms with Gasteiger partial charge in [0.15, 0.2) is 0 Å². The van der Waals surface area contributed by atoms with Gasteiger partial charge in [-0.15, -0.1) is 23.5 Å². The van der Waals surface area contributed by atoms with Gasteiger partial charge in [-0.3, -0.25) is 0 Å². The molecule has 0 radical (unpaired) electrons. The van der Waals surface area contributed by atoms with Gasteiger partial charge in [0.25, 0.3) is 0 Å². The molecule has 0 spiro atoms. The van der Waals surface area contributed by atoms with E-state index in [0.29, 0.717) is 12.1 Å². The van der Waals surface area contributed by atoms with E-state index < -0.39 is 0 Å². The predicted octanol–water partition coefficient (Wildman–Crippen LogP) is 6.48. The second kappa shape index (κ2) is 22.0. The van der Waals surface area contributed by atoms with Crippen molar-refractivity contribution in [3.8, 4) is 0 Å². The lowest BCUT2D eigenvalue weighted by Gasteiger charge is -2.37. The van der Waals surface area contributed by atoms with Crippen LogP contribution in [0.4, 0.5) is 0 Å². The summed E-state index contributed by atoms with van der Waals surface area (Å²) in [6.07, 6.45) is 8.23. The molecule has 2 aliphatic heterocycles. The fraction of sp³-hybridized carbons (Fsp3) is 0.700.